The molecule has 0 unspecified atom stereocenters. The normalized spacial score (nSPS) is 15.6. The summed E-state index contributed by atoms with van der Waals surface area (Å²) in [6.45, 7) is 13.8. The molecule has 54 heavy (non-hydrogen) atoms. The summed E-state index contributed by atoms with van der Waals surface area (Å²) in [4.78, 5) is 2.33. The fourth-order valence-electron chi connectivity index (χ4n) is 7.17. The number of benzene rings is 4. The summed E-state index contributed by atoms with van der Waals surface area (Å²) in [6, 6.07) is 37.8. The van der Waals surface area contributed by atoms with Crippen LogP contribution in [-0.2, 0) is 22.7 Å². The monoisotopic (exact) mass is 944 g/mol. The molecule has 3 nitrogen and oxygen atoms in total. The summed E-state index contributed by atoms with van der Waals surface area (Å²) in [7, 11) is -2.52. The van der Waals surface area contributed by atoms with E-state index in [4.69, 9.17) is 14.2 Å². The number of rotatable bonds is 11. The van der Waals surface area contributed by atoms with Crippen molar-refractivity contribution in [3.8, 4) is 15.9 Å². The summed E-state index contributed by atoms with van der Waals surface area (Å²) < 4.78 is 25.8. The summed E-state index contributed by atoms with van der Waals surface area (Å²) in [5.74, 6) is 1.84. The molecule has 1 aliphatic heterocycles. The van der Waals surface area contributed by atoms with Gasteiger partial charge in [0, 0.05) is 0 Å². The summed E-state index contributed by atoms with van der Waals surface area (Å²) >= 11 is 5.37. The Bertz CT molecular complexity index is 2280. The molecule has 0 bridgehead atoms. The van der Waals surface area contributed by atoms with E-state index in [1.807, 2.05) is 17.9 Å². The van der Waals surface area contributed by atoms with Crippen molar-refractivity contribution < 1.29 is 32.2 Å². The second kappa shape index (κ2) is 16.9. The van der Waals surface area contributed by atoms with Gasteiger partial charge in [0.05, 0.1) is 0 Å². The van der Waals surface area contributed by atoms with Crippen LogP contribution in [0.5, 0.6) is 11.5 Å². The van der Waals surface area contributed by atoms with Gasteiger partial charge in [-0.25, -0.2) is 0 Å². The summed E-state index contributed by atoms with van der Waals surface area (Å²) in [5, 5.41) is 7.22. The molecule has 0 atom stereocenters. The third-order valence-corrected chi connectivity index (χ3v) is 17.0. The Morgan fingerprint density at radius 2 is 1.22 bits per heavy atom. The van der Waals surface area contributed by atoms with Gasteiger partial charge in [-0.1, -0.05) is 0 Å². The van der Waals surface area contributed by atoms with Crippen molar-refractivity contribution in [1.82, 2.24) is 0 Å². The summed E-state index contributed by atoms with van der Waals surface area (Å²) in [5.41, 5.74) is 3.57. The van der Waals surface area contributed by atoms with Crippen LogP contribution in [0.1, 0.15) is 51.3 Å². The van der Waals surface area contributed by atoms with Crippen LogP contribution in [0.2, 0.25) is 0 Å². The van der Waals surface area contributed by atoms with Gasteiger partial charge >= 0.3 is 333 Å². The van der Waals surface area contributed by atoms with E-state index < -0.39 is 7.26 Å². The van der Waals surface area contributed by atoms with Gasteiger partial charge in [0.1, 0.15) is 0 Å². The number of ether oxygens (including phenoxy) is 3. The van der Waals surface area contributed by atoms with E-state index in [1.54, 1.807) is 22.7 Å². The standard InChI is InChI=1S/C47H45O3PS2.Os/c1-8-19-39-27-41-44(49-31(3)4)47-42(45(46(41)52-39)50-32(5)6)28-43(53-47)40(26-35-30-48-29-34(35)9-2)33(7)51(36-20-13-10-14-21-36,37-22-15-11-16-23-37)38-24-17-12-18-25-38;/h8-28,31-32H,29-30H2,1-6H3;/q+1;/b19-8+,34-9?,35-26?,40-33?;. The topological polar surface area (TPSA) is 27.7 Å². The molecule has 1 saturated heterocycles. The average molecular weight is 943 g/mol. The Hall–Kier alpha value is -3.83. The Labute approximate surface area is 338 Å². The van der Waals surface area contributed by atoms with Crippen LogP contribution >= 0.6 is 29.9 Å². The Balaban J connectivity index is 1.67. The van der Waals surface area contributed by atoms with Crippen molar-refractivity contribution in [3.05, 3.63) is 148 Å². The second-order valence-electron chi connectivity index (χ2n) is 13.7. The third-order valence-electron chi connectivity index (χ3n) is 9.39. The molecule has 0 amide bonds. The number of fused-ring (bicyclic) bond motifs is 2. The molecule has 3 heterocycles. The molecular weight excluding hydrogens is 898 g/mol. The first-order valence-electron chi connectivity index (χ1n) is 18.4. The minimum atomic E-state index is -2.52. The molecule has 0 spiro atoms. The summed E-state index contributed by atoms with van der Waals surface area (Å²) in [6.07, 6.45) is 8.83. The molecule has 1 fully saturated rings. The fourth-order valence-corrected chi connectivity index (χ4v) is 15.4. The molecule has 7 heteroatoms. The predicted molar refractivity (Wildman–Crippen MR) is 232 cm³/mol. The van der Waals surface area contributed by atoms with E-state index in [0.29, 0.717) is 13.2 Å². The molecule has 0 saturated carbocycles. The second-order valence-corrected chi connectivity index (χ2v) is 19.9. The maximum atomic E-state index is 6.78. The zero-order valence-corrected chi connectivity index (χ0v) is 36.6. The fraction of sp³-hybridized carbons (Fsp3) is 0.213. The van der Waals surface area contributed by atoms with Gasteiger partial charge in [0.25, 0.3) is 0 Å². The molecule has 4 aromatic carbocycles. The van der Waals surface area contributed by atoms with Gasteiger partial charge in [-0.2, -0.15) is 0 Å². The Morgan fingerprint density at radius 1 is 0.722 bits per heavy atom. The Kier molecular flexibility index (Phi) is 12.0. The van der Waals surface area contributed by atoms with Crippen LogP contribution < -0.4 is 25.4 Å². The van der Waals surface area contributed by atoms with Crippen LogP contribution in [-0.4, -0.2) is 25.4 Å². The van der Waals surface area contributed by atoms with Crippen molar-refractivity contribution >= 4 is 77.7 Å². The SMILES string of the molecule is CC=C1COCC1=CC(=C([C]#[Os])[P+](c1ccccc1)(c1ccccc1)c1ccccc1)c1cc2c(OC(C)C)c3sc(/C=C/C)cc3c(OC(C)C)c2s1. The van der Waals surface area contributed by atoms with Crippen LogP contribution in [0.3, 0.4) is 0 Å². The average Bonchev–Trinajstić information content (AvgIpc) is 3.94. The zero-order valence-electron chi connectivity index (χ0n) is 31.5. The van der Waals surface area contributed by atoms with Crippen molar-refractivity contribution in [2.75, 3.05) is 13.2 Å². The molecule has 6 aromatic rings. The van der Waals surface area contributed by atoms with Gasteiger partial charge in [-0.15, -0.1) is 0 Å². The van der Waals surface area contributed by atoms with Crippen LogP contribution in [0.4, 0.5) is 0 Å². The maximum absolute atomic E-state index is 6.78. The first-order chi connectivity index (χ1) is 26.3. The van der Waals surface area contributed by atoms with E-state index >= 15 is 0 Å². The van der Waals surface area contributed by atoms with Gasteiger partial charge in [0.15, 0.2) is 0 Å². The zero-order chi connectivity index (χ0) is 37.8. The van der Waals surface area contributed by atoms with E-state index in [0.717, 1.165) is 42.1 Å². The van der Waals surface area contributed by atoms with Gasteiger partial charge in [-0.05, 0) is 6.92 Å². The molecule has 2 aromatic heterocycles. The number of thiophene rings is 2. The molecule has 7 rings (SSSR count). The van der Waals surface area contributed by atoms with E-state index in [2.05, 4.69) is 173 Å². The van der Waals surface area contributed by atoms with Gasteiger partial charge in [-0.3, -0.25) is 0 Å². The molecular formula is C47H45O3OsPS2+. The van der Waals surface area contributed by atoms with Crippen molar-refractivity contribution in [2.24, 2.45) is 0 Å². The molecule has 0 aliphatic carbocycles. The molecule has 1 aliphatic rings. The van der Waals surface area contributed by atoms with Crippen molar-refractivity contribution in [3.63, 3.8) is 0 Å². The number of hydrogen-bond acceptors (Lipinski definition) is 5. The van der Waals surface area contributed by atoms with Crippen LogP contribution in [0, 0.1) is 4.37 Å². The first-order valence-corrected chi connectivity index (χ1v) is 23.1. The molecule has 0 radical (unpaired) electrons. The van der Waals surface area contributed by atoms with Crippen molar-refractivity contribution in [2.45, 2.75) is 53.8 Å². The predicted octanol–water partition coefficient (Wildman–Crippen LogP) is 11.8. The quantitative estimate of drug-likeness (QED) is 0.121. The first kappa shape index (κ1) is 38.4. The van der Waals surface area contributed by atoms with E-state index in [9.17, 15) is 0 Å². The number of allylic oxidation sites excluding steroid dienone is 5. The van der Waals surface area contributed by atoms with Gasteiger partial charge < -0.3 is 0 Å². The molecule has 275 valence electrons. The number of hydrogen-bond donors (Lipinski definition) is 0. The third kappa shape index (κ3) is 7.30. The Morgan fingerprint density at radius 3 is 1.70 bits per heavy atom. The minimum absolute atomic E-state index is 0.00390. The van der Waals surface area contributed by atoms with Crippen LogP contribution in [0.15, 0.2) is 138 Å². The van der Waals surface area contributed by atoms with Crippen LogP contribution in [0.25, 0.3) is 31.8 Å². The van der Waals surface area contributed by atoms with E-state index in [1.165, 1.54) is 37.3 Å². The van der Waals surface area contributed by atoms with E-state index in [-0.39, 0.29) is 12.2 Å². The van der Waals surface area contributed by atoms with Crippen molar-refractivity contribution in [1.29, 1.82) is 0 Å². The molecule has 0 N–H and O–H groups in total. The van der Waals surface area contributed by atoms with Gasteiger partial charge in [0.2, 0.25) is 0 Å².